The molecule has 1 saturated carbocycles. The maximum atomic E-state index is 13.1. The molecular formula is C23H23ClN8O. The first-order chi connectivity index (χ1) is 16.1. The van der Waals surface area contributed by atoms with Crippen molar-refractivity contribution in [2.45, 2.75) is 37.6 Å². The summed E-state index contributed by atoms with van der Waals surface area (Å²) in [4.78, 5) is 19.8. The molecule has 0 radical (unpaired) electrons. The smallest absolute Gasteiger partial charge is 0.247 e. The number of benzene rings is 1. The van der Waals surface area contributed by atoms with Gasteiger partial charge in [0.25, 0.3) is 0 Å². The summed E-state index contributed by atoms with van der Waals surface area (Å²) in [7, 11) is 0. The van der Waals surface area contributed by atoms with Gasteiger partial charge in [0.05, 0.1) is 0 Å². The van der Waals surface area contributed by atoms with Crippen molar-refractivity contribution in [3.05, 3.63) is 59.4 Å². The first kappa shape index (κ1) is 20.0. The van der Waals surface area contributed by atoms with E-state index in [9.17, 15) is 4.79 Å². The Morgan fingerprint density at radius 3 is 2.91 bits per heavy atom. The summed E-state index contributed by atoms with van der Waals surface area (Å²) in [5.41, 5.74) is 2.66. The van der Waals surface area contributed by atoms with Crippen LogP contribution in [0.1, 0.15) is 37.3 Å². The first-order valence-electron chi connectivity index (χ1n) is 11.1. The lowest BCUT2D eigenvalue weighted by molar-refractivity contribution is -0.117. The highest BCUT2D eigenvalue weighted by Gasteiger charge is 2.33. The number of aromatic amines is 1. The number of carbonyl (C=O) groups excluding carboxylic acids is 1. The van der Waals surface area contributed by atoms with Gasteiger partial charge >= 0.3 is 0 Å². The van der Waals surface area contributed by atoms with E-state index in [2.05, 4.69) is 25.9 Å². The van der Waals surface area contributed by atoms with Gasteiger partial charge in [-0.05, 0) is 56.0 Å². The molecule has 4 heterocycles. The Kier molecular flexibility index (Phi) is 4.91. The molecule has 1 amide bonds. The molecule has 1 atom stereocenters. The quantitative estimate of drug-likeness (QED) is 0.394. The second kappa shape index (κ2) is 8.08. The second-order valence-electron chi connectivity index (χ2n) is 8.56. The van der Waals surface area contributed by atoms with Crippen LogP contribution in [0.25, 0.3) is 5.52 Å². The maximum Gasteiger partial charge on any atom is 0.247 e. The van der Waals surface area contributed by atoms with Gasteiger partial charge in [-0.3, -0.25) is 9.89 Å². The minimum Gasteiger partial charge on any atom is -0.327 e. The van der Waals surface area contributed by atoms with Gasteiger partial charge in [0, 0.05) is 41.1 Å². The van der Waals surface area contributed by atoms with Crippen molar-refractivity contribution in [3.63, 3.8) is 0 Å². The van der Waals surface area contributed by atoms with Crippen molar-refractivity contribution in [3.8, 4) is 0 Å². The Morgan fingerprint density at radius 1 is 1.15 bits per heavy atom. The fourth-order valence-corrected chi connectivity index (χ4v) is 4.52. The highest BCUT2D eigenvalue weighted by atomic mass is 35.5. The van der Waals surface area contributed by atoms with Gasteiger partial charge in [-0.25, -0.2) is 4.52 Å². The summed E-state index contributed by atoms with van der Waals surface area (Å²) in [6.45, 7) is 0.702. The molecule has 0 spiro atoms. The van der Waals surface area contributed by atoms with Gasteiger partial charge < -0.3 is 15.5 Å². The molecule has 9 nitrogen and oxygen atoms in total. The third-order valence-electron chi connectivity index (χ3n) is 6.15. The zero-order valence-electron chi connectivity index (χ0n) is 17.8. The van der Waals surface area contributed by atoms with E-state index in [1.54, 1.807) is 16.6 Å². The van der Waals surface area contributed by atoms with Crippen LogP contribution in [0.5, 0.6) is 0 Å². The molecule has 0 bridgehead atoms. The van der Waals surface area contributed by atoms with Gasteiger partial charge in [-0.15, -0.1) is 5.10 Å². The number of anilines is 4. The van der Waals surface area contributed by atoms with Crippen molar-refractivity contribution < 1.29 is 4.79 Å². The highest BCUT2D eigenvalue weighted by molar-refractivity contribution is 6.30. The Bertz CT molecular complexity index is 1330. The molecule has 3 N–H and O–H groups in total. The van der Waals surface area contributed by atoms with Crippen LogP contribution in [0.4, 0.5) is 23.3 Å². The third kappa shape index (κ3) is 4.00. The van der Waals surface area contributed by atoms with Crippen molar-refractivity contribution in [1.29, 1.82) is 0 Å². The highest BCUT2D eigenvalue weighted by Crippen LogP contribution is 2.39. The first-order valence-corrected chi connectivity index (χ1v) is 11.5. The molecule has 1 saturated heterocycles. The van der Waals surface area contributed by atoms with Crippen molar-refractivity contribution >= 4 is 46.3 Å². The third-order valence-corrected chi connectivity index (χ3v) is 6.38. The molecule has 6 rings (SSSR count). The number of rotatable bonds is 6. The molecule has 3 aromatic heterocycles. The van der Waals surface area contributed by atoms with Gasteiger partial charge in [0.15, 0.2) is 11.6 Å². The predicted octanol–water partition coefficient (Wildman–Crippen LogP) is 4.33. The summed E-state index contributed by atoms with van der Waals surface area (Å²) >= 11 is 6.06. The maximum absolute atomic E-state index is 13.1. The summed E-state index contributed by atoms with van der Waals surface area (Å²) in [6, 6.07) is 12.7. The van der Waals surface area contributed by atoms with Crippen LogP contribution in [-0.2, 0) is 4.79 Å². The minimum atomic E-state index is -0.364. The van der Waals surface area contributed by atoms with Crippen molar-refractivity contribution in [2.24, 2.45) is 0 Å². The second-order valence-corrected chi connectivity index (χ2v) is 8.99. The number of hydrogen-bond acceptors (Lipinski definition) is 6. The molecule has 1 aromatic carbocycles. The fourth-order valence-electron chi connectivity index (χ4n) is 4.33. The monoisotopic (exact) mass is 462 g/mol. The van der Waals surface area contributed by atoms with E-state index >= 15 is 0 Å². The van der Waals surface area contributed by atoms with Crippen molar-refractivity contribution in [2.75, 3.05) is 22.1 Å². The zero-order chi connectivity index (χ0) is 22.4. The molecule has 1 aliphatic heterocycles. The summed E-state index contributed by atoms with van der Waals surface area (Å²) in [6.07, 6.45) is 5.90. The van der Waals surface area contributed by atoms with Crippen LogP contribution in [0.3, 0.4) is 0 Å². The van der Waals surface area contributed by atoms with E-state index in [-0.39, 0.29) is 11.9 Å². The molecule has 168 valence electrons. The largest absolute Gasteiger partial charge is 0.327 e. The number of aromatic nitrogens is 5. The standard InChI is InChI=1S/C23H23ClN8O/c24-15-4-1-5-16(12-15)25-22(33)19-7-2-10-31(19)23-27-21(18-6-3-11-32(18)30-23)26-20-13-17(28-29-20)14-8-9-14/h1,3-6,11-14,19H,2,7-10H2,(H,25,33)(H2,26,27,28,29,30)/t19-/m0/s1. The Labute approximate surface area is 195 Å². The van der Waals surface area contributed by atoms with E-state index in [0.29, 0.717) is 34.9 Å². The Balaban J connectivity index is 1.28. The lowest BCUT2D eigenvalue weighted by atomic mass is 10.2. The van der Waals surface area contributed by atoms with E-state index in [1.165, 1.54) is 12.8 Å². The molecule has 0 unspecified atom stereocenters. The molecule has 2 fully saturated rings. The number of hydrogen-bond donors (Lipinski definition) is 3. The molecule has 1 aliphatic carbocycles. The summed E-state index contributed by atoms with van der Waals surface area (Å²) < 4.78 is 1.78. The Hall–Kier alpha value is -3.59. The average Bonchev–Trinajstić information content (AvgIpc) is 3.19. The van der Waals surface area contributed by atoms with Crippen molar-refractivity contribution in [1.82, 2.24) is 24.8 Å². The zero-order valence-corrected chi connectivity index (χ0v) is 18.6. The number of halogens is 1. The van der Waals surface area contributed by atoms with Gasteiger partial charge in [0.1, 0.15) is 11.6 Å². The van der Waals surface area contributed by atoms with Crippen LogP contribution in [0.15, 0.2) is 48.7 Å². The fraction of sp³-hybridized carbons (Fsp3) is 0.304. The van der Waals surface area contributed by atoms with Gasteiger partial charge in [-0.2, -0.15) is 10.1 Å². The van der Waals surface area contributed by atoms with Crippen LogP contribution in [0.2, 0.25) is 5.02 Å². The number of carbonyl (C=O) groups is 1. The van der Waals surface area contributed by atoms with E-state index < -0.39 is 0 Å². The number of nitrogens with zero attached hydrogens (tertiary/aromatic N) is 5. The van der Waals surface area contributed by atoms with Gasteiger partial charge in [0.2, 0.25) is 11.9 Å². The predicted molar refractivity (Wildman–Crippen MR) is 127 cm³/mol. The van der Waals surface area contributed by atoms with Gasteiger partial charge in [-0.1, -0.05) is 17.7 Å². The topological polar surface area (TPSA) is 103 Å². The van der Waals surface area contributed by atoms with Crippen LogP contribution < -0.4 is 15.5 Å². The number of amides is 1. The van der Waals surface area contributed by atoms with Crippen LogP contribution >= 0.6 is 11.6 Å². The van der Waals surface area contributed by atoms with Crippen LogP contribution in [-0.4, -0.2) is 43.3 Å². The molecule has 33 heavy (non-hydrogen) atoms. The van der Waals surface area contributed by atoms with E-state index in [0.717, 1.165) is 29.9 Å². The molecule has 2 aliphatic rings. The summed E-state index contributed by atoms with van der Waals surface area (Å²) in [5, 5.41) is 19.1. The normalized spacial score (nSPS) is 18.1. The van der Waals surface area contributed by atoms with Crippen LogP contribution in [0, 0.1) is 0 Å². The number of fused-ring (bicyclic) bond motifs is 1. The lowest BCUT2D eigenvalue weighted by Gasteiger charge is -2.24. The number of nitrogens with one attached hydrogen (secondary N) is 3. The molecular weight excluding hydrogens is 440 g/mol. The average molecular weight is 463 g/mol. The lowest BCUT2D eigenvalue weighted by Crippen LogP contribution is -2.40. The number of H-pyrrole nitrogens is 1. The minimum absolute atomic E-state index is 0.0955. The molecule has 4 aromatic rings. The SMILES string of the molecule is O=C(Nc1cccc(Cl)c1)[C@@H]1CCCN1c1nc(Nc2cc(C3CC3)[nH]n2)c2cccn2n1. The summed E-state index contributed by atoms with van der Waals surface area (Å²) in [5.74, 6) is 2.37. The van der Waals surface area contributed by atoms with E-state index in [1.807, 2.05) is 41.4 Å². The Morgan fingerprint density at radius 2 is 2.06 bits per heavy atom. The van der Waals surface area contributed by atoms with E-state index in [4.69, 9.17) is 16.6 Å². The molecule has 10 heteroatoms.